The number of nitrogens with one attached hydrogen (secondary N) is 3. The largest absolute Gasteiger partial charge is 0.350 e. The van der Waals surface area contributed by atoms with E-state index in [-0.39, 0.29) is 35.5 Å². The fourth-order valence-corrected chi connectivity index (χ4v) is 2.46. The lowest BCUT2D eigenvalue weighted by Gasteiger charge is -2.12. The van der Waals surface area contributed by atoms with Gasteiger partial charge in [-0.2, -0.15) is 0 Å². The minimum absolute atomic E-state index is 0. The van der Waals surface area contributed by atoms with Crippen LogP contribution >= 0.6 is 12.4 Å². The molecule has 0 bridgehead atoms. The molecule has 0 aromatic carbocycles. The molecule has 0 aliphatic heterocycles. The molecule has 2 rings (SSSR count). The molecule has 1 aromatic rings. The third kappa shape index (κ3) is 4.58. The lowest BCUT2D eigenvalue weighted by molar-refractivity contribution is 0.0949. The van der Waals surface area contributed by atoms with Crippen LogP contribution in [0.1, 0.15) is 47.8 Å². The van der Waals surface area contributed by atoms with Crippen LogP contribution in [-0.2, 0) is 12.8 Å². The van der Waals surface area contributed by atoms with E-state index < -0.39 is 0 Å². The van der Waals surface area contributed by atoms with E-state index in [1.165, 1.54) is 6.42 Å². The van der Waals surface area contributed by atoms with Gasteiger partial charge in [0.2, 0.25) is 0 Å². The number of aryl methyl sites for hydroxylation is 2. The summed E-state index contributed by atoms with van der Waals surface area (Å²) >= 11 is 0. The van der Waals surface area contributed by atoms with Gasteiger partial charge in [0, 0.05) is 18.3 Å². The van der Waals surface area contributed by atoms with Crippen molar-refractivity contribution in [3.05, 3.63) is 33.2 Å². The maximum Gasteiger partial charge on any atom is 0.261 e. The fraction of sp³-hybridized carbons (Fsp3) is 0.600. The van der Waals surface area contributed by atoms with E-state index in [4.69, 9.17) is 0 Å². The van der Waals surface area contributed by atoms with Gasteiger partial charge in [-0.3, -0.25) is 9.59 Å². The van der Waals surface area contributed by atoms with Gasteiger partial charge in [-0.15, -0.1) is 12.4 Å². The first kappa shape index (κ1) is 17.7. The lowest BCUT2D eigenvalue weighted by atomic mass is 10.1. The van der Waals surface area contributed by atoms with Crippen LogP contribution in [0.15, 0.2) is 10.9 Å². The van der Waals surface area contributed by atoms with Crippen LogP contribution < -0.4 is 16.2 Å². The van der Waals surface area contributed by atoms with Crippen molar-refractivity contribution in [2.24, 2.45) is 0 Å². The van der Waals surface area contributed by atoms with Crippen molar-refractivity contribution >= 4 is 18.3 Å². The molecular weight excluding hydrogens is 290 g/mol. The van der Waals surface area contributed by atoms with Crippen molar-refractivity contribution < 1.29 is 4.79 Å². The van der Waals surface area contributed by atoms with E-state index in [9.17, 15) is 9.59 Å². The number of carbonyl (C=O) groups excluding carboxylic acids is 1. The molecule has 1 unspecified atom stereocenters. The molecule has 0 fully saturated rings. The van der Waals surface area contributed by atoms with Crippen LogP contribution in [0.4, 0.5) is 0 Å². The molecule has 1 aromatic heterocycles. The Balaban J connectivity index is 0.00000220. The number of H-pyrrole nitrogens is 1. The predicted octanol–water partition coefficient (Wildman–Crippen LogP) is 1.40. The molecule has 0 saturated heterocycles. The van der Waals surface area contributed by atoms with Gasteiger partial charge in [0.15, 0.2) is 0 Å². The monoisotopic (exact) mass is 313 g/mol. The topological polar surface area (TPSA) is 74.0 Å². The summed E-state index contributed by atoms with van der Waals surface area (Å²) in [5.41, 5.74) is 2.08. The highest BCUT2D eigenvalue weighted by molar-refractivity contribution is 5.94. The van der Waals surface area contributed by atoms with Crippen molar-refractivity contribution in [1.82, 2.24) is 15.6 Å². The number of aromatic amines is 1. The second kappa shape index (κ2) is 8.20. The molecule has 21 heavy (non-hydrogen) atoms. The maximum atomic E-state index is 12.1. The quantitative estimate of drug-likeness (QED) is 0.736. The van der Waals surface area contributed by atoms with Crippen molar-refractivity contribution in [3.63, 3.8) is 0 Å². The number of halogens is 1. The van der Waals surface area contributed by atoms with Crippen LogP contribution in [0.25, 0.3) is 0 Å². The van der Waals surface area contributed by atoms with Crippen molar-refractivity contribution in [1.29, 1.82) is 0 Å². The van der Waals surface area contributed by atoms with Crippen molar-refractivity contribution in [3.8, 4) is 0 Å². The summed E-state index contributed by atoms with van der Waals surface area (Å²) < 4.78 is 0. The van der Waals surface area contributed by atoms with Gasteiger partial charge in [-0.1, -0.05) is 6.42 Å². The standard InChI is InChI=1S/C15H23N3O2.ClH/c1-10(16-2)9-17-14(19)12-8-11-6-4-3-5-7-13(11)18-15(12)20;/h8,10,16H,3-7,9H2,1-2H3,(H,17,19)(H,18,20);1H. The van der Waals surface area contributed by atoms with Crippen LogP contribution in [0.5, 0.6) is 0 Å². The Morgan fingerprint density at radius 1 is 1.33 bits per heavy atom. The Hall–Kier alpha value is -1.33. The van der Waals surface area contributed by atoms with Gasteiger partial charge < -0.3 is 15.6 Å². The van der Waals surface area contributed by atoms with Gasteiger partial charge in [0.05, 0.1) is 0 Å². The molecule has 1 atom stereocenters. The molecule has 1 aliphatic rings. The zero-order valence-electron chi connectivity index (χ0n) is 12.6. The Labute approximate surface area is 131 Å². The predicted molar refractivity (Wildman–Crippen MR) is 86.4 cm³/mol. The number of carbonyl (C=O) groups is 1. The molecule has 1 aliphatic carbocycles. The number of rotatable bonds is 4. The molecule has 0 spiro atoms. The lowest BCUT2D eigenvalue weighted by Crippen LogP contribution is -2.39. The second-order valence-corrected chi connectivity index (χ2v) is 5.48. The first-order chi connectivity index (χ1) is 9.61. The first-order valence-corrected chi connectivity index (χ1v) is 7.32. The van der Waals surface area contributed by atoms with E-state index in [0.29, 0.717) is 6.54 Å². The second-order valence-electron chi connectivity index (χ2n) is 5.48. The number of amides is 1. The van der Waals surface area contributed by atoms with Crippen LogP contribution in [0.2, 0.25) is 0 Å². The average Bonchev–Trinajstić information content (AvgIpc) is 2.68. The molecule has 0 radical (unpaired) electrons. The SMILES string of the molecule is CNC(C)CNC(=O)c1cc2c([nH]c1=O)CCCCC2.Cl. The summed E-state index contributed by atoms with van der Waals surface area (Å²) in [6.07, 6.45) is 5.26. The van der Waals surface area contributed by atoms with Crippen molar-refractivity contribution in [2.75, 3.05) is 13.6 Å². The van der Waals surface area contributed by atoms with Gasteiger partial charge in [0.1, 0.15) is 5.56 Å². The van der Waals surface area contributed by atoms with E-state index in [1.54, 1.807) is 6.07 Å². The summed E-state index contributed by atoms with van der Waals surface area (Å²) in [5.74, 6) is -0.291. The first-order valence-electron chi connectivity index (χ1n) is 7.32. The summed E-state index contributed by atoms with van der Waals surface area (Å²) in [7, 11) is 1.84. The molecule has 3 N–H and O–H groups in total. The Morgan fingerprint density at radius 3 is 2.76 bits per heavy atom. The van der Waals surface area contributed by atoms with Crippen LogP contribution in [0, 0.1) is 0 Å². The third-order valence-electron chi connectivity index (χ3n) is 3.89. The zero-order valence-corrected chi connectivity index (χ0v) is 13.4. The molecule has 5 nitrogen and oxygen atoms in total. The molecule has 0 saturated carbocycles. The summed E-state index contributed by atoms with van der Waals surface area (Å²) in [6, 6.07) is 1.96. The summed E-state index contributed by atoms with van der Waals surface area (Å²) in [4.78, 5) is 27.0. The summed E-state index contributed by atoms with van der Waals surface area (Å²) in [5, 5.41) is 5.84. The molecule has 118 valence electrons. The molecule has 1 heterocycles. The van der Waals surface area contributed by atoms with Crippen LogP contribution in [-0.4, -0.2) is 30.5 Å². The highest BCUT2D eigenvalue weighted by Gasteiger charge is 2.16. The number of pyridine rings is 1. The molecular formula is C15H24ClN3O2. The summed E-state index contributed by atoms with van der Waals surface area (Å²) in [6.45, 7) is 2.48. The number of aromatic nitrogens is 1. The molecule has 1 amide bonds. The Kier molecular flexibility index (Phi) is 6.92. The molecule has 6 heteroatoms. The Bertz CT molecular complexity index is 542. The van der Waals surface area contributed by atoms with Gasteiger partial charge >= 0.3 is 0 Å². The van der Waals surface area contributed by atoms with E-state index in [0.717, 1.165) is 36.9 Å². The zero-order chi connectivity index (χ0) is 14.5. The van der Waals surface area contributed by atoms with Gasteiger partial charge in [-0.05, 0) is 51.3 Å². The fourth-order valence-electron chi connectivity index (χ4n) is 2.46. The highest BCUT2D eigenvalue weighted by Crippen LogP contribution is 2.18. The minimum Gasteiger partial charge on any atom is -0.350 e. The van der Waals surface area contributed by atoms with Crippen molar-refractivity contribution in [2.45, 2.75) is 45.1 Å². The number of fused-ring (bicyclic) bond motifs is 1. The number of likely N-dealkylation sites (N-methyl/N-ethyl adjacent to an activating group) is 1. The minimum atomic E-state index is -0.291. The normalized spacial score (nSPS) is 15.3. The maximum absolute atomic E-state index is 12.1. The highest BCUT2D eigenvalue weighted by atomic mass is 35.5. The third-order valence-corrected chi connectivity index (χ3v) is 3.89. The van der Waals surface area contributed by atoms with Gasteiger partial charge in [-0.25, -0.2) is 0 Å². The van der Waals surface area contributed by atoms with E-state index in [2.05, 4.69) is 15.6 Å². The number of hydrogen-bond donors (Lipinski definition) is 3. The number of hydrogen-bond acceptors (Lipinski definition) is 3. The van der Waals surface area contributed by atoms with E-state index >= 15 is 0 Å². The van der Waals surface area contributed by atoms with E-state index in [1.807, 2.05) is 14.0 Å². The Morgan fingerprint density at radius 2 is 2.05 bits per heavy atom. The van der Waals surface area contributed by atoms with Gasteiger partial charge in [0.25, 0.3) is 11.5 Å². The average molecular weight is 314 g/mol. The van der Waals surface area contributed by atoms with Crippen LogP contribution in [0.3, 0.4) is 0 Å². The smallest absolute Gasteiger partial charge is 0.261 e.